The van der Waals surface area contributed by atoms with Crippen molar-refractivity contribution < 1.29 is 28.5 Å². The van der Waals surface area contributed by atoms with Gasteiger partial charge in [-0.25, -0.2) is 4.79 Å². The molecule has 0 unspecified atom stereocenters. The second-order valence-electron chi connectivity index (χ2n) is 6.23. The zero-order valence-electron chi connectivity index (χ0n) is 14.3. The average molecular weight is 324 g/mol. The average Bonchev–Trinajstić information content (AvgIpc) is 2.52. The van der Waals surface area contributed by atoms with E-state index in [0.717, 1.165) is 12.0 Å². The summed E-state index contributed by atoms with van der Waals surface area (Å²) in [7, 11) is 2.99. The zero-order valence-corrected chi connectivity index (χ0v) is 14.3. The molecule has 1 saturated heterocycles. The van der Waals surface area contributed by atoms with Crippen LogP contribution in [-0.2, 0) is 14.2 Å². The van der Waals surface area contributed by atoms with E-state index >= 15 is 0 Å². The Morgan fingerprint density at radius 3 is 2.04 bits per heavy atom. The van der Waals surface area contributed by atoms with Gasteiger partial charge in [-0.1, -0.05) is 0 Å². The second kappa shape index (κ2) is 7.19. The minimum Gasteiger partial charge on any atom is -0.496 e. The molecule has 0 atom stereocenters. The number of benzene rings is 1. The summed E-state index contributed by atoms with van der Waals surface area (Å²) in [4.78, 5) is 12.5. The molecule has 0 aromatic heterocycles. The predicted molar refractivity (Wildman–Crippen MR) is 84.0 cm³/mol. The Bertz CT molecular complexity index is 530. The van der Waals surface area contributed by atoms with E-state index in [-0.39, 0.29) is 5.56 Å². The summed E-state index contributed by atoms with van der Waals surface area (Å²) >= 11 is 0. The van der Waals surface area contributed by atoms with Crippen molar-refractivity contribution in [2.75, 3.05) is 27.4 Å². The van der Waals surface area contributed by atoms with Crippen molar-refractivity contribution in [2.45, 2.75) is 39.1 Å². The maximum absolute atomic E-state index is 12.5. The van der Waals surface area contributed by atoms with Crippen LogP contribution in [0.25, 0.3) is 0 Å². The van der Waals surface area contributed by atoms with Gasteiger partial charge in [0.1, 0.15) is 22.7 Å². The van der Waals surface area contributed by atoms with Crippen LogP contribution in [0.5, 0.6) is 11.5 Å². The molecular weight excluding hydrogens is 300 g/mol. The lowest BCUT2D eigenvalue weighted by Crippen LogP contribution is -2.25. The number of rotatable bonds is 4. The molecule has 1 aromatic rings. The Balaban J connectivity index is 2.40. The summed E-state index contributed by atoms with van der Waals surface area (Å²) < 4.78 is 27.3. The normalized spacial score (nSPS) is 16.0. The number of carbonyl (C=O) groups excluding carboxylic acids is 1. The van der Waals surface area contributed by atoms with E-state index in [2.05, 4.69) is 0 Å². The van der Waals surface area contributed by atoms with Crippen LogP contribution in [-0.4, -0.2) is 39.0 Å². The molecule has 0 saturated carbocycles. The van der Waals surface area contributed by atoms with Crippen LogP contribution in [0, 0.1) is 0 Å². The smallest absolute Gasteiger partial charge is 0.346 e. The maximum atomic E-state index is 12.5. The van der Waals surface area contributed by atoms with E-state index in [1.165, 1.54) is 14.2 Å². The van der Waals surface area contributed by atoms with Crippen molar-refractivity contribution >= 4 is 5.97 Å². The minimum atomic E-state index is -0.610. The van der Waals surface area contributed by atoms with Crippen LogP contribution in [0.3, 0.4) is 0 Å². The number of ether oxygens (including phenoxy) is 5. The first-order valence-corrected chi connectivity index (χ1v) is 7.58. The summed E-state index contributed by atoms with van der Waals surface area (Å²) in [5.74, 6) is 0.237. The van der Waals surface area contributed by atoms with Gasteiger partial charge in [0.25, 0.3) is 0 Å². The van der Waals surface area contributed by atoms with Crippen molar-refractivity contribution in [3.63, 3.8) is 0 Å². The van der Waals surface area contributed by atoms with Gasteiger partial charge in [-0.05, 0) is 39.3 Å². The van der Waals surface area contributed by atoms with Crippen LogP contribution in [0.15, 0.2) is 12.1 Å². The van der Waals surface area contributed by atoms with Crippen molar-refractivity contribution in [3.05, 3.63) is 23.3 Å². The molecule has 0 amide bonds. The first kappa shape index (κ1) is 17.6. The fourth-order valence-electron chi connectivity index (χ4n) is 2.28. The standard InChI is InChI=1S/C17H24O6/c1-17(2,3)23-15(18)14-12(19-4)9-11(10-13(14)20-5)16-21-7-6-8-22-16/h9-10,16H,6-8H2,1-5H3. The number of methoxy groups -OCH3 is 2. The quantitative estimate of drug-likeness (QED) is 0.793. The molecule has 23 heavy (non-hydrogen) atoms. The number of carbonyl (C=O) groups is 1. The molecule has 6 nitrogen and oxygen atoms in total. The van der Waals surface area contributed by atoms with Crippen molar-refractivity contribution in [1.82, 2.24) is 0 Å². The highest BCUT2D eigenvalue weighted by Gasteiger charge is 2.28. The van der Waals surface area contributed by atoms with E-state index in [0.29, 0.717) is 24.7 Å². The lowest BCUT2D eigenvalue weighted by atomic mass is 10.1. The molecule has 1 heterocycles. The first-order valence-electron chi connectivity index (χ1n) is 7.58. The van der Waals surface area contributed by atoms with Crippen LogP contribution < -0.4 is 9.47 Å². The van der Waals surface area contributed by atoms with Gasteiger partial charge in [0, 0.05) is 5.56 Å². The third-order valence-corrected chi connectivity index (χ3v) is 3.23. The Hall–Kier alpha value is -1.79. The van der Waals surface area contributed by atoms with Crippen molar-refractivity contribution in [3.8, 4) is 11.5 Å². The van der Waals surface area contributed by atoms with Gasteiger partial charge in [-0.3, -0.25) is 0 Å². The van der Waals surface area contributed by atoms with Gasteiger partial charge in [-0.15, -0.1) is 0 Å². The fraction of sp³-hybridized carbons (Fsp3) is 0.588. The lowest BCUT2D eigenvalue weighted by molar-refractivity contribution is -0.183. The largest absolute Gasteiger partial charge is 0.496 e. The molecule has 0 radical (unpaired) electrons. The van der Waals surface area contributed by atoms with Gasteiger partial charge in [0.05, 0.1) is 27.4 Å². The molecule has 0 aliphatic carbocycles. The topological polar surface area (TPSA) is 63.2 Å². The third-order valence-electron chi connectivity index (χ3n) is 3.23. The van der Waals surface area contributed by atoms with Gasteiger partial charge in [0.2, 0.25) is 0 Å². The van der Waals surface area contributed by atoms with Gasteiger partial charge in [-0.2, -0.15) is 0 Å². The van der Waals surface area contributed by atoms with Gasteiger partial charge < -0.3 is 23.7 Å². The van der Waals surface area contributed by atoms with Crippen molar-refractivity contribution in [1.29, 1.82) is 0 Å². The maximum Gasteiger partial charge on any atom is 0.346 e. The SMILES string of the molecule is COc1cc(C2OCCCO2)cc(OC)c1C(=O)OC(C)(C)C. The summed E-state index contributed by atoms with van der Waals surface area (Å²) in [6.45, 7) is 6.68. The molecule has 128 valence electrons. The molecule has 1 fully saturated rings. The molecule has 0 spiro atoms. The van der Waals surface area contributed by atoms with E-state index < -0.39 is 17.9 Å². The van der Waals surface area contributed by atoms with Crippen LogP contribution in [0.2, 0.25) is 0 Å². The highest BCUT2D eigenvalue weighted by Crippen LogP contribution is 2.36. The highest BCUT2D eigenvalue weighted by molar-refractivity contribution is 5.96. The summed E-state index contributed by atoms with van der Waals surface area (Å²) in [5, 5.41) is 0. The van der Waals surface area contributed by atoms with E-state index in [1.807, 2.05) is 20.8 Å². The molecule has 1 aromatic carbocycles. The Morgan fingerprint density at radius 2 is 1.61 bits per heavy atom. The molecule has 2 rings (SSSR count). The molecule has 1 aliphatic rings. The monoisotopic (exact) mass is 324 g/mol. The number of hydrogen-bond donors (Lipinski definition) is 0. The molecule has 1 aliphatic heterocycles. The molecule has 0 N–H and O–H groups in total. The second-order valence-corrected chi connectivity index (χ2v) is 6.23. The lowest BCUT2D eigenvalue weighted by Gasteiger charge is -2.25. The molecule has 6 heteroatoms. The molecular formula is C17H24O6. The van der Waals surface area contributed by atoms with E-state index in [9.17, 15) is 4.79 Å². The van der Waals surface area contributed by atoms with Gasteiger partial charge >= 0.3 is 5.97 Å². The summed E-state index contributed by atoms with van der Waals surface area (Å²) in [6, 6.07) is 3.44. The predicted octanol–water partition coefficient (Wildman–Crippen LogP) is 3.09. The van der Waals surface area contributed by atoms with Crippen molar-refractivity contribution in [2.24, 2.45) is 0 Å². The summed E-state index contributed by atoms with van der Waals surface area (Å²) in [5.41, 5.74) is 0.386. The Labute approximate surface area is 136 Å². The Kier molecular flexibility index (Phi) is 5.49. The number of esters is 1. The van der Waals surface area contributed by atoms with Crippen LogP contribution >= 0.6 is 0 Å². The fourth-order valence-corrected chi connectivity index (χ4v) is 2.28. The first-order chi connectivity index (χ1) is 10.9. The highest BCUT2D eigenvalue weighted by atomic mass is 16.7. The zero-order chi connectivity index (χ0) is 17.0. The number of hydrogen-bond acceptors (Lipinski definition) is 6. The molecule has 0 bridgehead atoms. The van der Waals surface area contributed by atoms with E-state index in [4.69, 9.17) is 23.7 Å². The third kappa shape index (κ3) is 4.36. The van der Waals surface area contributed by atoms with E-state index in [1.54, 1.807) is 12.1 Å². The van der Waals surface area contributed by atoms with Crippen LogP contribution in [0.1, 0.15) is 49.4 Å². The minimum absolute atomic E-state index is 0.254. The van der Waals surface area contributed by atoms with Crippen LogP contribution in [0.4, 0.5) is 0 Å². The Morgan fingerprint density at radius 1 is 1.09 bits per heavy atom. The summed E-state index contributed by atoms with van der Waals surface area (Å²) in [6.07, 6.45) is 0.375. The van der Waals surface area contributed by atoms with Gasteiger partial charge in [0.15, 0.2) is 6.29 Å².